The monoisotopic (exact) mass is 405 g/mol. The first kappa shape index (κ1) is 21.1. The summed E-state index contributed by atoms with van der Waals surface area (Å²) in [5, 5.41) is 3.64. The van der Waals surface area contributed by atoms with Crippen molar-refractivity contribution >= 4 is 5.91 Å². The van der Waals surface area contributed by atoms with Crippen molar-refractivity contribution in [2.45, 2.75) is 64.0 Å². The highest BCUT2D eigenvalue weighted by atomic mass is 16.2. The van der Waals surface area contributed by atoms with Crippen LogP contribution in [0.5, 0.6) is 0 Å². The van der Waals surface area contributed by atoms with E-state index in [9.17, 15) is 4.79 Å². The Morgan fingerprint density at radius 1 is 1.03 bits per heavy atom. The predicted octanol–water partition coefficient (Wildman–Crippen LogP) is 4.64. The molecular formula is C26H35N3O. The first-order valence-corrected chi connectivity index (χ1v) is 11.6. The summed E-state index contributed by atoms with van der Waals surface area (Å²) in [6.45, 7) is 4.44. The largest absolute Gasteiger partial charge is 0.327 e. The number of benzene rings is 2. The van der Waals surface area contributed by atoms with Crippen molar-refractivity contribution < 1.29 is 4.79 Å². The Morgan fingerprint density at radius 2 is 1.80 bits per heavy atom. The van der Waals surface area contributed by atoms with Crippen molar-refractivity contribution in [3.8, 4) is 11.1 Å². The molecule has 4 rings (SSSR count). The fourth-order valence-corrected chi connectivity index (χ4v) is 5.10. The minimum absolute atomic E-state index is 0.0771. The second kappa shape index (κ2) is 9.76. The van der Waals surface area contributed by atoms with Gasteiger partial charge in [-0.15, -0.1) is 0 Å². The van der Waals surface area contributed by atoms with Gasteiger partial charge in [0.1, 0.15) is 0 Å². The molecule has 2 fully saturated rings. The van der Waals surface area contributed by atoms with Gasteiger partial charge in [-0.1, -0.05) is 67.8 Å². The molecule has 2 atom stereocenters. The van der Waals surface area contributed by atoms with E-state index in [1.165, 1.54) is 48.8 Å². The Labute approximate surface area is 180 Å². The maximum Gasteiger partial charge on any atom is 0.231 e. The molecule has 2 aromatic rings. The summed E-state index contributed by atoms with van der Waals surface area (Å²) in [7, 11) is 0. The van der Waals surface area contributed by atoms with Crippen LogP contribution in [-0.4, -0.2) is 30.1 Å². The molecule has 2 aliphatic rings. The van der Waals surface area contributed by atoms with Gasteiger partial charge < -0.3 is 16.0 Å². The van der Waals surface area contributed by atoms with E-state index in [0.717, 1.165) is 31.0 Å². The number of hydrogen-bond donors (Lipinski definition) is 2. The topological polar surface area (TPSA) is 58.4 Å². The number of carbonyl (C=O) groups is 1. The molecule has 0 aromatic heterocycles. The molecule has 160 valence electrons. The van der Waals surface area contributed by atoms with E-state index >= 15 is 0 Å². The Bertz CT molecular complexity index is 842. The summed E-state index contributed by atoms with van der Waals surface area (Å²) in [5.74, 6) is 0.935. The first-order chi connectivity index (χ1) is 14.7. The van der Waals surface area contributed by atoms with Crippen LogP contribution >= 0.6 is 0 Å². The number of nitrogens with zero attached hydrogens (tertiary/aromatic N) is 1. The van der Waals surface area contributed by atoms with E-state index in [2.05, 4.69) is 60.8 Å². The third-order valence-electron chi connectivity index (χ3n) is 6.95. The summed E-state index contributed by atoms with van der Waals surface area (Å²) >= 11 is 0. The van der Waals surface area contributed by atoms with Crippen molar-refractivity contribution in [1.29, 1.82) is 0 Å². The summed E-state index contributed by atoms with van der Waals surface area (Å²) in [5.41, 5.74) is 10.5. The van der Waals surface area contributed by atoms with Crippen LogP contribution in [0.3, 0.4) is 0 Å². The Kier molecular flexibility index (Phi) is 6.86. The van der Waals surface area contributed by atoms with E-state index in [-0.39, 0.29) is 17.9 Å². The number of nitrogens with two attached hydrogens (primary N) is 1. The third kappa shape index (κ3) is 4.76. The number of amides is 1. The number of hydrogen-bond acceptors (Lipinski definition) is 3. The molecule has 2 aromatic carbocycles. The van der Waals surface area contributed by atoms with Crippen LogP contribution < -0.4 is 11.1 Å². The molecule has 1 unspecified atom stereocenters. The molecule has 4 nitrogen and oxygen atoms in total. The number of rotatable bonds is 7. The molecule has 0 bridgehead atoms. The lowest BCUT2D eigenvalue weighted by Crippen LogP contribution is -2.36. The lowest BCUT2D eigenvalue weighted by atomic mass is 9.89. The van der Waals surface area contributed by atoms with Gasteiger partial charge in [0, 0.05) is 12.6 Å². The van der Waals surface area contributed by atoms with Crippen LogP contribution in [0.25, 0.3) is 11.1 Å². The van der Waals surface area contributed by atoms with Crippen LogP contribution in [0.1, 0.15) is 62.5 Å². The molecule has 1 aliphatic heterocycles. The van der Waals surface area contributed by atoms with Gasteiger partial charge in [0.25, 0.3) is 0 Å². The third-order valence-corrected chi connectivity index (χ3v) is 6.95. The van der Waals surface area contributed by atoms with E-state index in [1.807, 2.05) is 0 Å². The van der Waals surface area contributed by atoms with Crippen LogP contribution in [0.15, 0.2) is 48.5 Å². The predicted molar refractivity (Wildman–Crippen MR) is 123 cm³/mol. The molecule has 30 heavy (non-hydrogen) atoms. The zero-order chi connectivity index (χ0) is 20.9. The first-order valence-electron chi connectivity index (χ1n) is 11.6. The fourth-order valence-electron chi connectivity index (χ4n) is 5.10. The van der Waals surface area contributed by atoms with E-state index in [4.69, 9.17) is 5.73 Å². The summed E-state index contributed by atoms with van der Waals surface area (Å²) in [6.07, 6.45) is 7.82. The normalized spacial score (nSPS) is 22.6. The molecule has 1 heterocycles. The van der Waals surface area contributed by atoms with Gasteiger partial charge in [-0.3, -0.25) is 4.79 Å². The zero-order valence-electron chi connectivity index (χ0n) is 18.1. The quantitative estimate of drug-likeness (QED) is 0.705. The number of nitrogens with one attached hydrogen (secondary N) is 1. The highest BCUT2D eigenvalue weighted by Crippen LogP contribution is 2.34. The van der Waals surface area contributed by atoms with E-state index < -0.39 is 0 Å². The van der Waals surface area contributed by atoms with Gasteiger partial charge in [0.15, 0.2) is 0 Å². The minimum Gasteiger partial charge on any atom is -0.327 e. The van der Waals surface area contributed by atoms with Crippen LogP contribution in [0, 0.1) is 5.92 Å². The molecule has 1 saturated heterocycles. The van der Waals surface area contributed by atoms with Crippen LogP contribution in [0.4, 0.5) is 0 Å². The van der Waals surface area contributed by atoms with Crippen molar-refractivity contribution in [2.75, 3.05) is 13.2 Å². The van der Waals surface area contributed by atoms with Crippen molar-refractivity contribution in [3.05, 3.63) is 59.7 Å². The summed E-state index contributed by atoms with van der Waals surface area (Å²) < 4.78 is 0. The molecule has 4 heteroatoms. The van der Waals surface area contributed by atoms with Crippen molar-refractivity contribution in [3.63, 3.8) is 0 Å². The van der Waals surface area contributed by atoms with Gasteiger partial charge >= 0.3 is 0 Å². The maximum absolute atomic E-state index is 12.7. The van der Waals surface area contributed by atoms with Crippen molar-refractivity contribution in [1.82, 2.24) is 10.2 Å². The van der Waals surface area contributed by atoms with Gasteiger partial charge in [0.2, 0.25) is 5.91 Å². The standard InChI is InChI=1S/C26H35N3O/c1-19-14-25(26(30)29(19)18-27)24-9-5-8-23(15-24)22-12-10-21(11-13-22)17-28-16-20-6-3-2-4-7-20/h5,8-13,15,19-20,25,28H,2-4,6-7,14,16-18,27H2,1H3/t19?,25-/m1/s1. The SMILES string of the molecule is CC1C[C@H](c2cccc(-c3ccc(CNCC4CCCCC4)cc3)c2)C(=O)N1CN. The van der Waals surface area contributed by atoms with Gasteiger partial charge in [-0.05, 0) is 60.9 Å². The molecule has 1 aliphatic carbocycles. The molecule has 1 amide bonds. The Morgan fingerprint density at radius 3 is 2.50 bits per heavy atom. The molecule has 0 radical (unpaired) electrons. The van der Waals surface area contributed by atoms with E-state index in [0.29, 0.717) is 6.67 Å². The Hall–Kier alpha value is -2.17. The van der Waals surface area contributed by atoms with Crippen LogP contribution in [-0.2, 0) is 11.3 Å². The molecule has 1 saturated carbocycles. The lowest BCUT2D eigenvalue weighted by Gasteiger charge is -2.21. The molecule has 3 N–H and O–H groups in total. The average molecular weight is 406 g/mol. The highest BCUT2D eigenvalue weighted by Gasteiger charge is 2.37. The zero-order valence-corrected chi connectivity index (χ0v) is 18.1. The molecule has 0 spiro atoms. The fraction of sp³-hybridized carbons (Fsp3) is 0.500. The number of likely N-dealkylation sites (tertiary alicyclic amines) is 1. The second-order valence-corrected chi connectivity index (χ2v) is 9.09. The van der Waals surface area contributed by atoms with Crippen molar-refractivity contribution in [2.24, 2.45) is 11.7 Å². The van der Waals surface area contributed by atoms with E-state index in [1.54, 1.807) is 4.90 Å². The summed E-state index contributed by atoms with van der Waals surface area (Å²) in [6, 6.07) is 17.5. The smallest absolute Gasteiger partial charge is 0.231 e. The highest BCUT2D eigenvalue weighted by molar-refractivity contribution is 5.86. The molecular weight excluding hydrogens is 370 g/mol. The average Bonchev–Trinajstić information content (AvgIpc) is 3.08. The minimum atomic E-state index is -0.0771. The second-order valence-electron chi connectivity index (χ2n) is 9.09. The number of carbonyl (C=O) groups excluding carboxylic acids is 1. The van der Waals surface area contributed by atoms with Gasteiger partial charge in [-0.25, -0.2) is 0 Å². The Balaban J connectivity index is 1.38. The lowest BCUT2D eigenvalue weighted by molar-refractivity contribution is -0.129. The summed E-state index contributed by atoms with van der Waals surface area (Å²) in [4.78, 5) is 14.5. The van der Waals surface area contributed by atoms with Gasteiger partial charge in [-0.2, -0.15) is 0 Å². The maximum atomic E-state index is 12.7. The van der Waals surface area contributed by atoms with Gasteiger partial charge in [0.05, 0.1) is 12.6 Å². The van der Waals surface area contributed by atoms with Crippen LogP contribution in [0.2, 0.25) is 0 Å².